The van der Waals surface area contributed by atoms with E-state index in [0.29, 0.717) is 21.9 Å². The molecule has 0 spiro atoms. The molecule has 0 saturated heterocycles. The fourth-order valence-electron chi connectivity index (χ4n) is 2.58. The summed E-state index contributed by atoms with van der Waals surface area (Å²) >= 11 is 5.89. The topological polar surface area (TPSA) is 59.3 Å². The minimum atomic E-state index is -0.634. The summed E-state index contributed by atoms with van der Waals surface area (Å²) in [6, 6.07) is 19.1. The number of hydrogen-bond donors (Lipinski definition) is 0. The first-order valence-electron chi connectivity index (χ1n) is 8.53. The maximum atomic E-state index is 13.0. The summed E-state index contributed by atoms with van der Waals surface area (Å²) in [6.07, 6.45) is 1.69. The molecule has 0 bridgehead atoms. The molecule has 0 heterocycles. The maximum absolute atomic E-state index is 13.0. The van der Waals surface area contributed by atoms with E-state index in [4.69, 9.17) is 21.1 Å². The second-order valence-corrected chi connectivity index (χ2v) is 6.42. The van der Waals surface area contributed by atoms with Crippen LogP contribution in [0, 0.1) is 17.1 Å². The lowest BCUT2D eigenvalue weighted by Crippen LogP contribution is -2.09. The summed E-state index contributed by atoms with van der Waals surface area (Å²) in [5.41, 5.74) is 2.07. The molecule has 0 unspecified atom stereocenters. The number of hydrogen-bond acceptors (Lipinski definition) is 4. The molecule has 3 rings (SSSR count). The molecule has 0 aliphatic carbocycles. The molecule has 0 radical (unpaired) electrons. The number of nitrogens with zero attached hydrogens (tertiary/aromatic N) is 1. The first-order chi connectivity index (χ1) is 14.0. The van der Waals surface area contributed by atoms with Gasteiger partial charge in [-0.1, -0.05) is 29.8 Å². The van der Waals surface area contributed by atoms with Crippen molar-refractivity contribution in [2.24, 2.45) is 0 Å². The molecule has 0 saturated carbocycles. The smallest absolute Gasteiger partial charge is 0.343 e. The molecule has 0 aliphatic heterocycles. The van der Waals surface area contributed by atoms with Crippen LogP contribution < -0.4 is 9.47 Å². The minimum absolute atomic E-state index is 0.212. The van der Waals surface area contributed by atoms with Crippen molar-refractivity contribution in [2.45, 2.75) is 0 Å². The molecule has 0 aliphatic rings. The highest BCUT2D eigenvalue weighted by Crippen LogP contribution is 2.30. The van der Waals surface area contributed by atoms with Gasteiger partial charge >= 0.3 is 5.97 Å². The predicted molar refractivity (Wildman–Crippen MR) is 109 cm³/mol. The lowest BCUT2D eigenvalue weighted by Gasteiger charge is -2.10. The number of nitriles is 1. The van der Waals surface area contributed by atoms with Gasteiger partial charge in [0.2, 0.25) is 0 Å². The van der Waals surface area contributed by atoms with Crippen molar-refractivity contribution in [1.29, 1.82) is 5.26 Å². The maximum Gasteiger partial charge on any atom is 0.343 e. The lowest BCUT2D eigenvalue weighted by molar-refractivity contribution is 0.0729. The van der Waals surface area contributed by atoms with Crippen LogP contribution in [0.5, 0.6) is 11.5 Å². The Hall–Kier alpha value is -3.62. The molecule has 144 valence electrons. The third-order valence-electron chi connectivity index (χ3n) is 4.06. The molecular formula is C23H15ClFNO3. The van der Waals surface area contributed by atoms with E-state index in [2.05, 4.69) is 6.07 Å². The average molecular weight is 408 g/mol. The monoisotopic (exact) mass is 407 g/mol. The van der Waals surface area contributed by atoms with E-state index in [9.17, 15) is 14.4 Å². The number of carbonyl (C=O) groups is 1. The Kier molecular flexibility index (Phi) is 6.28. The number of allylic oxidation sites excluding steroid dienone is 1. The standard InChI is InChI=1S/C23H15ClFNO3/c1-28-22-13-15(12-18(14-26)16-3-7-19(24)8-4-16)2-11-21(22)29-23(27)17-5-9-20(25)10-6-17/h2-13H,1H3/b18-12-. The van der Waals surface area contributed by atoms with Gasteiger partial charge in [0.05, 0.1) is 24.3 Å². The summed E-state index contributed by atoms with van der Waals surface area (Å²) in [5, 5.41) is 10.1. The average Bonchev–Trinajstić information content (AvgIpc) is 2.74. The Morgan fingerprint density at radius 3 is 2.28 bits per heavy atom. The quantitative estimate of drug-likeness (QED) is 0.233. The number of methoxy groups -OCH3 is 1. The second kappa shape index (κ2) is 9.05. The second-order valence-electron chi connectivity index (χ2n) is 5.98. The van der Waals surface area contributed by atoms with Gasteiger partial charge in [0.15, 0.2) is 11.5 Å². The van der Waals surface area contributed by atoms with E-state index in [1.807, 2.05) is 0 Å². The molecule has 0 fully saturated rings. The molecule has 3 aromatic carbocycles. The van der Waals surface area contributed by atoms with Gasteiger partial charge in [-0.25, -0.2) is 9.18 Å². The first-order valence-corrected chi connectivity index (χ1v) is 8.91. The van der Waals surface area contributed by atoms with Crippen LogP contribution in [0.2, 0.25) is 5.02 Å². The van der Waals surface area contributed by atoms with Gasteiger partial charge in [-0.15, -0.1) is 0 Å². The summed E-state index contributed by atoms with van der Waals surface area (Å²) in [6.45, 7) is 0. The van der Waals surface area contributed by atoms with Gasteiger partial charge in [0.1, 0.15) is 5.82 Å². The fraction of sp³-hybridized carbons (Fsp3) is 0.0435. The molecule has 0 aromatic heterocycles. The van der Waals surface area contributed by atoms with Crippen molar-refractivity contribution in [3.05, 3.63) is 94.3 Å². The predicted octanol–water partition coefficient (Wildman–Crippen LogP) is 5.77. The largest absolute Gasteiger partial charge is 0.493 e. The number of carbonyl (C=O) groups excluding carboxylic acids is 1. The van der Waals surface area contributed by atoms with Crippen molar-refractivity contribution >= 4 is 29.2 Å². The molecule has 0 N–H and O–H groups in total. The van der Waals surface area contributed by atoms with Gasteiger partial charge < -0.3 is 9.47 Å². The third-order valence-corrected chi connectivity index (χ3v) is 4.31. The first kappa shape index (κ1) is 20.1. The number of ether oxygens (including phenoxy) is 2. The third kappa shape index (κ3) is 5.01. The van der Waals surface area contributed by atoms with Crippen molar-refractivity contribution in [3.63, 3.8) is 0 Å². The SMILES string of the molecule is COc1cc(/C=C(/C#N)c2ccc(Cl)cc2)ccc1OC(=O)c1ccc(F)cc1. The van der Waals surface area contributed by atoms with Crippen molar-refractivity contribution < 1.29 is 18.7 Å². The molecule has 29 heavy (non-hydrogen) atoms. The zero-order chi connectivity index (χ0) is 20.8. The van der Waals surface area contributed by atoms with Crippen LogP contribution >= 0.6 is 11.6 Å². The van der Waals surface area contributed by atoms with E-state index in [1.54, 1.807) is 48.5 Å². The van der Waals surface area contributed by atoms with Crippen LogP contribution in [0.15, 0.2) is 66.7 Å². The van der Waals surface area contributed by atoms with Gasteiger partial charge in [0, 0.05) is 5.02 Å². The van der Waals surface area contributed by atoms with Crippen LogP contribution in [0.25, 0.3) is 11.6 Å². The number of benzene rings is 3. The van der Waals surface area contributed by atoms with E-state index in [0.717, 1.165) is 5.56 Å². The summed E-state index contributed by atoms with van der Waals surface area (Å²) in [5.74, 6) is -0.540. The highest BCUT2D eigenvalue weighted by atomic mass is 35.5. The van der Waals surface area contributed by atoms with E-state index < -0.39 is 11.8 Å². The van der Waals surface area contributed by atoms with Crippen LogP contribution in [0.4, 0.5) is 4.39 Å². The van der Waals surface area contributed by atoms with Gasteiger partial charge in [-0.2, -0.15) is 5.26 Å². The molecular weight excluding hydrogens is 393 g/mol. The minimum Gasteiger partial charge on any atom is -0.493 e. The Morgan fingerprint density at radius 2 is 1.66 bits per heavy atom. The Balaban J connectivity index is 1.86. The number of rotatable bonds is 5. The number of esters is 1. The van der Waals surface area contributed by atoms with E-state index in [-0.39, 0.29) is 11.3 Å². The number of halogens is 2. The van der Waals surface area contributed by atoms with Crippen molar-refractivity contribution in [1.82, 2.24) is 0 Å². The Labute approximate surface area is 172 Å². The Bertz CT molecular complexity index is 1100. The highest BCUT2D eigenvalue weighted by molar-refractivity contribution is 6.30. The zero-order valence-electron chi connectivity index (χ0n) is 15.4. The molecule has 3 aromatic rings. The summed E-state index contributed by atoms with van der Waals surface area (Å²) in [4.78, 5) is 12.2. The molecule has 0 atom stereocenters. The molecule has 0 amide bonds. The van der Waals surface area contributed by atoms with Crippen LogP contribution in [-0.4, -0.2) is 13.1 Å². The van der Waals surface area contributed by atoms with E-state index >= 15 is 0 Å². The van der Waals surface area contributed by atoms with Crippen molar-refractivity contribution in [3.8, 4) is 17.6 Å². The molecule has 4 nitrogen and oxygen atoms in total. The van der Waals surface area contributed by atoms with Gasteiger partial charge in [-0.05, 0) is 65.7 Å². The highest BCUT2D eigenvalue weighted by Gasteiger charge is 2.13. The summed E-state index contributed by atoms with van der Waals surface area (Å²) in [7, 11) is 1.45. The lowest BCUT2D eigenvalue weighted by atomic mass is 10.0. The normalized spacial score (nSPS) is 10.9. The van der Waals surface area contributed by atoms with E-state index in [1.165, 1.54) is 31.4 Å². The van der Waals surface area contributed by atoms with Gasteiger partial charge in [-0.3, -0.25) is 0 Å². The van der Waals surface area contributed by atoms with Crippen LogP contribution in [0.3, 0.4) is 0 Å². The fourth-order valence-corrected chi connectivity index (χ4v) is 2.71. The van der Waals surface area contributed by atoms with Crippen LogP contribution in [0.1, 0.15) is 21.5 Å². The summed E-state index contributed by atoms with van der Waals surface area (Å²) < 4.78 is 23.7. The van der Waals surface area contributed by atoms with Gasteiger partial charge in [0.25, 0.3) is 0 Å². The Morgan fingerprint density at radius 1 is 1.00 bits per heavy atom. The zero-order valence-corrected chi connectivity index (χ0v) is 16.1. The molecule has 6 heteroatoms. The van der Waals surface area contributed by atoms with Crippen LogP contribution in [-0.2, 0) is 0 Å². The van der Waals surface area contributed by atoms with Crippen molar-refractivity contribution in [2.75, 3.05) is 7.11 Å².